The Morgan fingerprint density at radius 3 is 1.81 bits per heavy atom. The van der Waals surface area contributed by atoms with Gasteiger partial charge in [-0.05, 0) is 26.3 Å². The summed E-state index contributed by atoms with van der Waals surface area (Å²) in [6, 6.07) is 0. The molecule has 0 unspecified atom stereocenters. The molecule has 4 heteroatoms. The van der Waals surface area contributed by atoms with E-state index in [1.54, 1.807) is 0 Å². The van der Waals surface area contributed by atoms with Crippen molar-refractivity contribution < 1.29 is 14.4 Å². The number of hydrogen-bond donors (Lipinski definition) is 1. The van der Waals surface area contributed by atoms with Gasteiger partial charge in [0.2, 0.25) is 0 Å². The van der Waals surface area contributed by atoms with Crippen molar-refractivity contribution in [2.24, 2.45) is 5.73 Å². The number of carbonyl (C=O) groups excluding carboxylic acids is 1. The average molecular weight is 232 g/mol. The van der Waals surface area contributed by atoms with Crippen molar-refractivity contribution in [1.82, 2.24) is 0 Å². The number of carboxylic acids is 1. The van der Waals surface area contributed by atoms with Crippen molar-refractivity contribution >= 4 is 5.97 Å². The quantitative estimate of drug-likeness (QED) is 0.644. The molecule has 0 aromatic carbocycles. The number of nitrogens with two attached hydrogens (primary N) is 1. The van der Waals surface area contributed by atoms with Crippen LogP contribution in [-0.4, -0.2) is 43.7 Å². The van der Waals surface area contributed by atoms with E-state index in [0.29, 0.717) is 0 Å². The smallest absolute Gasteiger partial charge is 0.0796 e. The van der Waals surface area contributed by atoms with Gasteiger partial charge in [-0.15, -0.1) is 0 Å². The fourth-order valence-electron chi connectivity index (χ4n) is 1.89. The Hall–Kier alpha value is -0.610. The van der Waals surface area contributed by atoms with E-state index in [9.17, 15) is 0 Å². The molecule has 0 rings (SSSR count). The molecule has 0 aromatic heterocycles. The summed E-state index contributed by atoms with van der Waals surface area (Å²) < 4.78 is 1.21. The van der Waals surface area contributed by atoms with Crippen LogP contribution in [0.15, 0.2) is 0 Å². The van der Waals surface area contributed by atoms with Gasteiger partial charge in [-0.3, -0.25) is 0 Å². The Labute approximate surface area is 100 Å². The maximum absolute atomic E-state index is 8.89. The zero-order valence-electron chi connectivity index (χ0n) is 11.3. The fourth-order valence-corrected chi connectivity index (χ4v) is 1.89. The topological polar surface area (TPSA) is 66.1 Å². The number of nitrogens with zero attached hydrogens (tertiary/aromatic N) is 1. The second-order valence-electron chi connectivity index (χ2n) is 4.42. The lowest BCUT2D eigenvalue weighted by atomic mass is 10.2. The van der Waals surface area contributed by atoms with Gasteiger partial charge in [-0.1, -0.05) is 13.8 Å². The molecule has 0 bridgehead atoms. The van der Waals surface area contributed by atoms with E-state index in [1.807, 2.05) is 0 Å². The van der Waals surface area contributed by atoms with Crippen LogP contribution in [0, 0.1) is 0 Å². The lowest BCUT2D eigenvalue weighted by Gasteiger charge is -2.34. The van der Waals surface area contributed by atoms with Gasteiger partial charge in [-0.25, -0.2) is 0 Å². The van der Waals surface area contributed by atoms with Gasteiger partial charge in [-0.2, -0.15) is 0 Å². The monoisotopic (exact) mass is 232 g/mol. The summed E-state index contributed by atoms with van der Waals surface area (Å²) >= 11 is 0. The molecule has 0 saturated heterocycles. The van der Waals surface area contributed by atoms with Crippen molar-refractivity contribution in [3.8, 4) is 0 Å². The molecule has 0 atom stereocenters. The highest BCUT2D eigenvalue weighted by Gasteiger charge is 2.17. The molecule has 0 aliphatic rings. The maximum Gasteiger partial charge on any atom is 0.0796 e. The molecule has 2 N–H and O–H groups in total. The van der Waals surface area contributed by atoms with Crippen molar-refractivity contribution in [2.75, 3.05) is 33.2 Å². The third-order valence-electron chi connectivity index (χ3n) is 2.43. The number of quaternary nitrogens is 1. The zero-order valence-corrected chi connectivity index (χ0v) is 11.3. The van der Waals surface area contributed by atoms with Gasteiger partial charge in [0.1, 0.15) is 0 Å². The van der Waals surface area contributed by atoms with Gasteiger partial charge in [0.25, 0.3) is 0 Å². The minimum absolute atomic E-state index is 0.835. The van der Waals surface area contributed by atoms with E-state index in [1.165, 1.54) is 37.0 Å². The molecule has 0 fully saturated rings. The molecular formula is C12H28N2O2. The van der Waals surface area contributed by atoms with E-state index in [4.69, 9.17) is 15.6 Å². The van der Waals surface area contributed by atoms with E-state index in [2.05, 4.69) is 20.9 Å². The Morgan fingerprint density at radius 1 is 1.19 bits per heavy atom. The summed E-state index contributed by atoms with van der Waals surface area (Å²) in [5.74, 6) is -1.08. The highest BCUT2D eigenvalue weighted by atomic mass is 16.4. The van der Waals surface area contributed by atoms with Crippen molar-refractivity contribution in [3.05, 3.63) is 0 Å². The molecule has 0 aliphatic carbocycles. The fraction of sp³-hybridized carbons (Fsp3) is 0.917. The highest BCUT2D eigenvalue weighted by Crippen LogP contribution is 2.06. The summed E-state index contributed by atoms with van der Waals surface area (Å²) in [6.45, 7) is 10.2. The molecule has 16 heavy (non-hydrogen) atoms. The van der Waals surface area contributed by atoms with Gasteiger partial charge in [0.05, 0.1) is 26.7 Å². The normalized spacial score (nSPS) is 10.6. The molecule has 0 heterocycles. The molecule has 98 valence electrons. The van der Waals surface area contributed by atoms with Crippen LogP contribution in [0.5, 0.6) is 0 Å². The van der Waals surface area contributed by atoms with Crippen LogP contribution in [0.4, 0.5) is 0 Å². The SMILES string of the molecule is CC(=O)[O-].CCC[N+](C)(CCC)CCCN. The second kappa shape index (κ2) is 10.9. The zero-order chi connectivity index (χ0) is 13.0. The lowest BCUT2D eigenvalue weighted by Crippen LogP contribution is -2.46. The summed E-state index contributed by atoms with van der Waals surface area (Å²) in [7, 11) is 2.35. The van der Waals surface area contributed by atoms with Crippen LogP contribution in [0.25, 0.3) is 0 Å². The number of carboxylic acid groups (broad SMARTS) is 1. The maximum atomic E-state index is 8.89. The molecule has 4 nitrogen and oxygen atoms in total. The molecule has 0 radical (unpaired) electrons. The summed E-state index contributed by atoms with van der Waals surface area (Å²) in [4.78, 5) is 8.89. The van der Waals surface area contributed by atoms with Gasteiger partial charge >= 0.3 is 0 Å². The minimum Gasteiger partial charge on any atom is -0.550 e. The number of hydrogen-bond acceptors (Lipinski definition) is 3. The Balaban J connectivity index is 0. The predicted octanol–water partition coefficient (Wildman–Crippen LogP) is 0.358. The van der Waals surface area contributed by atoms with E-state index in [-0.39, 0.29) is 0 Å². The first-order chi connectivity index (χ1) is 7.41. The third kappa shape index (κ3) is 13.4. The minimum atomic E-state index is -1.08. The molecule has 0 aliphatic heterocycles. The van der Waals surface area contributed by atoms with Crippen LogP contribution >= 0.6 is 0 Å². The molecule has 0 aromatic rings. The first kappa shape index (κ1) is 17.8. The van der Waals surface area contributed by atoms with Gasteiger partial charge < -0.3 is 20.1 Å². The second-order valence-corrected chi connectivity index (χ2v) is 4.42. The van der Waals surface area contributed by atoms with E-state index in [0.717, 1.165) is 19.9 Å². The Kier molecular flexibility index (Phi) is 12.1. The Morgan fingerprint density at radius 2 is 1.56 bits per heavy atom. The Bertz CT molecular complexity index is 162. The predicted molar refractivity (Wildman–Crippen MR) is 65.7 cm³/mol. The van der Waals surface area contributed by atoms with Crippen molar-refractivity contribution in [3.63, 3.8) is 0 Å². The first-order valence-electron chi connectivity index (χ1n) is 6.13. The summed E-state index contributed by atoms with van der Waals surface area (Å²) in [5.41, 5.74) is 5.52. The molecular weight excluding hydrogens is 204 g/mol. The average Bonchev–Trinajstić information content (AvgIpc) is 2.15. The van der Waals surface area contributed by atoms with Crippen molar-refractivity contribution in [2.45, 2.75) is 40.0 Å². The molecule has 0 spiro atoms. The molecule has 0 amide bonds. The summed E-state index contributed by atoms with van der Waals surface area (Å²) in [5, 5.41) is 8.89. The van der Waals surface area contributed by atoms with Gasteiger partial charge in [0, 0.05) is 12.4 Å². The summed E-state index contributed by atoms with van der Waals surface area (Å²) in [6.07, 6.45) is 3.72. The third-order valence-corrected chi connectivity index (χ3v) is 2.43. The van der Waals surface area contributed by atoms with E-state index < -0.39 is 5.97 Å². The van der Waals surface area contributed by atoms with Crippen LogP contribution in [0.3, 0.4) is 0 Å². The highest BCUT2D eigenvalue weighted by molar-refractivity contribution is 5.60. The van der Waals surface area contributed by atoms with Crippen LogP contribution in [0.1, 0.15) is 40.0 Å². The van der Waals surface area contributed by atoms with Crippen molar-refractivity contribution in [1.29, 1.82) is 0 Å². The first-order valence-corrected chi connectivity index (χ1v) is 6.13. The van der Waals surface area contributed by atoms with Crippen LogP contribution in [0.2, 0.25) is 0 Å². The van der Waals surface area contributed by atoms with Gasteiger partial charge in [0.15, 0.2) is 0 Å². The number of aliphatic carboxylic acids is 1. The van der Waals surface area contributed by atoms with Crippen LogP contribution < -0.4 is 10.8 Å². The van der Waals surface area contributed by atoms with Crippen LogP contribution in [-0.2, 0) is 4.79 Å². The standard InChI is InChI=1S/C10H25N2.C2H4O2/c1-4-8-12(3,9-5-2)10-6-7-11;1-2(3)4/h4-11H2,1-3H3;1H3,(H,3,4)/q+1;/p-1. The van der Waals surface area contributed by atoms with E-state index >= 15 is 0 Å². The molecule has 0 saturated carbocycles. The largest absolute Gasteiger partial charge is 0.550 e. The lowest BCUT2D eigenvalue weighted by molar-refractivity contribution is -0.909. The number of carbonyl (C=O) groups is 1. The number of rotatable bonds is 7.